The van der Waals surface area contributed by atoms with Crippen molar-refractivity contribution in [3.63, 3.8) is 0 Å². The Bertz CT molecular complexity index is 292. The highest BCUT2D eigenvalue weighted by molar-refractivity contribution is 4.97. The predicted octanol–water partition coefficient (Wildman–Crippen LogP) is 4.19. The first kappa shape index (κ1) is 16.3. The van der Waals surface area contributed by atoms with Crippen LogP contribution in [0.3, 0.4) is 0 Å². The quantitative estimate of drug-likeness (QED) is 0.783. The summed E-state index contributed by atoms with van der Waals surface area (Å²) in [6.45, 7) is 10.6. The van der Waals surface area contributed by atoms with Gasteiger partial charge in [-0.3, -0.25) is 4.90 Å². The summed E-state index contributed by atoms with van der Waals surface area (Å²) in [5.74, 6) is 0.980. The molecule has 0 aromatic heterocycles. The molecule has 2 aliphatic rings. The summed E-state index contributed by atoms with van der Waals surface area (Å²) in [6, 6.07) is 0. The van der Waals surface area contributed by atoms with Gasteiger partial charge < -0.3 is 5.73 Å². The van der Waals surface area contributed by atoms with Crippen molar-refractivity contribution in [3.05, 3.63) is 0 Å². The molecule has 1 aliphatic carbocycles. The zero-order valence-electron chi connectivity index (χ0n) is 14.1. The fraction of sp³-hybridized carbons (Fsp3) is 1.00. The van der Waals surface area contributed by atoms with E-state index in [9.17, 15) is 0 Å². The maximum atomic E-state index is 6.28. The van der Waals surface area contributed by atoms with Crippen molar-refractivity contribution in [3.8, 4) is 0 Å². The number of likely N-dealkylation sites (tertiary alicyclic amines) is 1. The SMILES string of the molecule is CCCC1CCN(C2(CN)CCCC(C)(C)CC2)CC1. The van der Waals surface area contributed by atoms with E-state index in [0.29, 0.717) is 11.0 Å². The first-order valence-corrected chi connectivity index (χ1v) is 8.96. The van der Waals surface area contributed by atoms with Crippen molar-refractivity contribution in [2.45, 2.75) is 84.1 Å². The molecule has 1 saturated heterocycles. The molecule has 20 heavy (non-hydrogen) atoms. The first-order valence-electron chi connectivity index (χ1n) is 8.96. The monoisotopic (exact) mass is 280 g/mol. The van der Waals surface area contributed by atoms with Crippen molar-refractivity contribution in [2.75, 3.05) is 19.6 Å². The standard InChI is InChI=1S/C18H36N2/c1-4-6-16-7-13-20(14-8-16)18(15-19)10-5-9-17(2,3)11-12-18/h16H,4-15,19H2,1-3H3. The second-order valence-corrected chi connectivity index (χ2v) is 8.17. The van der Waals surface area contributed by atoms with E-state index in [0.717, 1.165) is 12.5 Å². The molecule has 1 heterocycles. The average molecular weight is 280 g/mol. The number of nitrogens with zero attached hydrogens (tertiary/aromatic N) is 1. The van der Waals surface area contributed by atoms with E-state index >= 15 is 0 Å². The molecule has 2 heteroatoms. The van der Waals surface area contributed by atoms with E-state index < -0.39 is 0 Å². The molecule has 1 unspecified atom stereocenters. The van der Waals surface area contributed by atoms with Gasteiger partial charge in [-0.15, -0.1) is 0 Å². The van der Waals surface area contributed by atoms with Crippen LogP contribution in [0.5, 0.6) is 0 Å². The smallest absolute Gasteiger partial charge is 0.0331 e. The van der Waals surface area contributed by atoms with Gasteiger partial charge >= 0.3 is 0 Å². The normalized spacial score (nSPS) is 33.0. The van der Waals surface area contributed by atoms with Gasteiger partial charge in [0.15, 0.2) is 0 Å². The molecule has 0 radical (unpaired) electrons. The molecule has 2 nitrogen and oxygen atoms in total. The zero-order valence-corrected chi connectivity index (χ0v) is 14.1. The van der Waals surface area contributed by atoms with Gasteiger partial charge in [0, 0.05) is 12.1 Å². The summed E-state index contributed by atoms with van der Waals surface area (Å²) >= 11 is 0. The molecule has 2 N–H and O–H groups in total. The second-order valence-electron chi connectivity index (χ2n) is 8.17. The van der Waals surface area contributed by atoms with Gasteiger partial charge in [0.2, 0.25) is 0 Å². The Morgan fingerprint density at radius 3 is 2.35 bits per heavy atom. The lowest BCUT2D eigenvalue weighted by Crippen LogP contribution is -2.56. The summed E-state index contributed by atoms with van der Waals surface area (Å²) in [4.78, 5) is 2.78. The van der Waals surface area contributed by atoms with Crippen LogP contribution >= 0.6 is 0 Å². The maximum Gasteiger partial charge on any atom is 0.0331 e. The largest absolute Gasteiger partial charge is 0.329 e. The van der Waals surface area contributed by atoms with Gasteiger partial charge in [-0.25, -0.2) is 0 Å². The van der Waals surface area contributed by atoms with Crippen LogP contribution < -0.4 is 5.73 Å². The molecule has 2 fully saturated rings. The van der Waals surface area contributed by atoms with Crippen molar-refractivity contribution in [1.82, 2.24) is 4.90 Å². The molecule has 0 spiro atoms. The number of hydrogen-bond donors (Lipinski definition) is 1. The number of rotatable bonds is 4. The van der Waals surface area contributed by atoms with Gasteiger partial charge in [-0.2, -0.15) is 0 Å². The van der Waals surface area contributed by atoms with E-state index in [1.807, 2.05) is 0 Å². The van der Waals surface area contributed by atoms with E-state index in [1.165, 1.54) is 70.9 Å². The third kappa shape index (κ3) is 3.76. The van der Waals surface area contributed by atoms with Crippen LogP contribution in [0, 0.1) is 11.3 Å². The van der Waals surface area contributed by atoms with E-state index in [4.69, 9.17) is 5.73 Å². The van der Waals surface area contributed by atoms with Gasteiger partial charge in [-0.05, 0) is 62.9 Å². The van der Waals surface area contributed by atoms with Crippen molar-refractivity contribution in [2.24, 2.45) is 17.1 Å². The molecule has 1 aliphatic heterocycles. The summed E-state index contributed by atoms with van der Waals surface area (Å²) in [6.07, 6.45) is 12.3. The summed E-state index contributed by atoms with van der Waals surface area (Å²) in [5, 5.41) is 0. The highest BCUT2D eigenvalue weighted by atomic mass is 15.2. The molecule has 1 saturated carbocycles. The maximum absolute atomic E-state index is 6.28. The fourth-order valence-corrected chi connectivity index (χ4v) is 4.47. The van der Waals surface area contributed by atoms with Crippen LogP contribution in [-0.4, -0.2) is 30.1 Å². The zero-order chi connectivity index (χ0) is 14.6. The van der Waals surface area contributed by atoms with Crippen molar-refractivity contribution < 1.29 is 0 Å². The van der Waals surface area contributed by atoms with Crippen LogP contribution in [0.15, 0.2) is 0 Å². The van der Waals surface area contributed by atoms with Crippen molar-refractivity contribution >= 4 is 0 Å². The highest BCUT2D eigenvalue weighted by Crippen LogP contribution is 2.41. The Balaban J connectivity index is 1.97. The Labute approximate surface area is 126 Å². The van der Waals surface area contributed by atoms with E-state index in [2.05, 4.69) is 25.7 Å². The predicted molar refractivity (Wildman–Crippen MR) is 87.9 cm³/mol. The third-order valence-corrected chi connectivity index (χ3v) is 6.13. The Kier molecular flexibility index (Phi) is 5.53. The lowest BCUT2D eigenvalue weighted by molar-refractivity contribution is 0.0393. The van der Waals surface area contributed by atoms with Gasteiger partial charge in [0.1, 0.15) is 0 Å². The van der Waals surface area contributed by atoms with Crippen LogP contribution in [-0.2, 0) is 0 Å². The number of nitrogens with two attached hydrogens (primary N) is 1. The molecule has 118 valence electrons. The molecular formula is C18H36N2. The topological polar surface area (TPSA) is 29.3 Å². The molecule has 0 aromatic carbocycles. The minimum atomic E-state index is 0.324. The van der Waals surface area contributed by atoms with E-state index in [1.54, 1.807) is 0 Å². The molecule has 1 atom stereocenters. The molecular weight excluding hydrogens is 244 g/mol. The fourth-order valence-electron chi connectivity index (χ4n) is 4.47. The summed E-state index contributed by atoms with van der Waals surface area (Å²) in [5.41, 5.74) is 7.13. The summed E-state index contributed by atoms with van der Waals surface area (Å²) < 4.78 is 0. The lowest BCUT2D eigenvalue weighted by Gasteiger charge is -2.47. The van der Waals surface area contributed by atoms with Crippen molar-refractivity contribution in [1.29, 1.82) is 0 Å². The molecule has 0 bridgehead atoms. The van der Waals surface area contributed by atoms with Crippen LogP contribution in [0.2, 0.25) is 0 Å². The second kappa shape index (κ2) is 6.79. The Hall–Kier alpha value is -0.0800. The summed E-state index contributed by atoms with van der Waals surface area (Å²) in [7, 11) is 0. The van der Waals surface area contributed by atoms with Gasteiger partial charge in [0.25, 0.3) is 0 Å². The number of hydrogen-bond acceptors (Lipinski definition) is 2. The highest BCUT2D eigenvalue weighted by Gasteiger charge is 2.40. The Morgan fingerprint density at radius 1 is 1.05 bits per heavy atom. The molecule has 2 rings (SSSR count). The van der Waals surface area contributed by atoms with E-state index in [-0.39, 0.29) is 0 Å². The molecule has 0 amide bonds. The average Bonchev–Trinajstić information content (AvgIpc) is 2.59. The molecule has 0 aromatic rings. The lowest BCUT2D eigenvalue weighted by atomic mass is 9.81. The number of piperidine rings is 1. The minimum Gasteiger partial charge on any atom is -0.329 e. The third-order valence-electron chi connectivity index (χ3n) is 6.13. The Morgan fingerprint density at radius 2 is 1.75 bits per heavy atom. The van der Waals surface area contributed by atoms with Crippen LogP contribution in [0.25, 0.3) is 0 Å². The van der Waals surface area contributed by atoms with Gasteiger partial charge in [0.05, 0.1) is 0 Å². The first-order chi connectivity index (χ1) is 9.51. The van der Waals surface area contributed by atoms with Gasteiger partial charge in [-0.1, -0.05) is 40.0 Å². The van der Waals surface area contributed by atoms with Crippen LogP contribution in [0.1, 0.15) is 78.6 Å². The van der Waals surface area contributed by atoms with Crippen LogP contribution in [0.4, 0.5) is 0 Å². The minimum absolute atomic E-state index is 0.324.